The van der Waals surface area contributed by atoms with Gasteiger partial charge in [-0.3, -0.25) is 15.0 Å². The van der Waals surface area contributed by atoms with Gasteiger partial charge in [-0.15, -0.1) is 0 Å². The molecule has 1 N–H and O–H groups in total. The van der Waals surface area contributed by atoms with Gasteiger partial charge in [-0.1, -0.05) is 24.6 Å². The minimum atomic E-state index is -0.240. The van der Waals surface area contributed by atoms with Gasteiger partial charge in [-0.2, -0.15) is 5.10 Å². The van der Waals surface area contributed by atoms with Gasteiger partial charge in [0.05, 0.1) is 11.4 Å². The minimum Gasteiger partial charge on any atom is -0.292 e. The van der Waals surface area contributed by atoms with Gasteiger partial charge in [0.2, 0.25) is 0 Å². The molecule has 4 nitrogen and oxygen atoms in total. The molecule has 2 aliphatic heterocycles. The Bertz CT molecular complexity index is 1100. The van der Waals surface area contributed by atoms with Gasteiger partial charge in [-0.25, -0.2) is 4.39 Å². The summed E-state index contributed by atoms with van der Waals surface area (Å²) in [5, 5.41) is 7.98. The van der Waals surface area contributed by atoms with Crippen LogP contribution in [-0.2, 0) is 0 Å². The van der Waals surface area contributed by atoms with Gasteiger partial charge >= 0.3 is 0 Å². The van der Waals surface area contributed by atoms with Crippen LogP contribution >= 0.6 is 0 Å². The number of fused-ring (bicyclic) bond motifs is 1. The minimum absolute atomic E-state index is 0.240. The summed E-state index contributed by atoms with van der Waals surface area (Å²) >= 11 is 0. The molecule has 1 saturated heterocycles. The summed E-state index contributed by atoms with van der Waals surface area (Å²) < 4.78 is 13.5. The zero-order chi connectivity index (χ0) is 20.5. The first-order valence-electron chi connectivity index (χ1n) is 10.6. The SMILES string of the molecule is CC/C=C1/CC2C=C(c3n[nH]c(-c4ccc(F)cc4)c3-c3ccncc3)CCN2C1. The molecule has 4 heterocycles. The molecule has 1 aromatic carbocycles. The van der Waals surface area contributed by atoms with Gasteiger partial charge < -0.3 is 0 Å². The van der Waals surface area contributed by atoms with Crippen LogP contribution in [0.15, 0.2) is 66.5 Å². The molecule has 2 aromatic heterocycles. The van der Waals surface area contributed by atoms with Crippen molar-refractivity contribution in [2.45, 2.75) is 32.2 Å². The average molecular weight is 401 g/mol. The summed E-state index contributed by atoms with van der Waals surface area (Å²) in [6, 6.07) is 11.0. The molecule has 30 heavy (non-hydrogen) atoms. The third-order valence-corrected chi connectivity index (χ3v) is 6.07. The molecule has 0 bridgehead atoms. The van der Waals surface area contributed by atoms with Crippen LogP contribution in [0.2, 0.25) is 0 Å². The predicted octanol–water partition coefficient (Wildman–Crippen LogP) is 5.48. The summed E-state index contributed by atoms with van der Waals surface area (Å²) in [5.41, 5.74) is 7.79. The van der Waals surface area contributed by atoms with Crippen molar-refractivity contribution in [3.63, 3.8) is 0 Å². The van der Waals surface area contributed by atoms with Crippen LogP contribution in [0.25, 0.3) is 28.0 Å². The maximum atomic E-state index is 13.5. The first kappa shape index (κ1) is 18.9. The highest BCUT2D eigenvalue weighted by molar-refractivity contribution is 5.89. The number of halogens is 1. The lowest BCUT2D eigenvalue weighted by molar-refractivity contribution is 0.290. The second kappa shape index (κ2) is 8.00. The van der Waals surface area contributed by atoms with Gasteiger partial charge in [0.1, 0.15) is 5.82 Å². The van der Waals surface area contributed by atoms with Crippen LogP contribution in [0.3, 0.4) is 0 Å². The first-order valence-corrected chi connectivity index (χ1v) is 10.6. The number of pyridine rings is 1. The maximum Gasteiger partial charge on any atom is 0.123 e. The molecular weight excluding hydrogens is 375 g/mol. The molecule has 2 aliphatic rings. The van der Waals surface area contributed by atoms with E-state index in [1.54, 1.807) is 30.1 Å². The molecule has 0 amide bonds. The number of allylic oxidation sites excluding steroid dienone is 1. The standard InChI is InChI=1S/C25H25FN4/c1-2-3-17-14-22-15-20(10-13-30(22)16-17)25-23(18-8-11-27-12-9-18)24(28-29-25)19-4-6-21(26)7-5-19/h3-9,11-12,15,22H,2,10,13-14,16H2,1H3,(H,28,29)/b17-3-. The van der Waals surface area contributed by atoms with Crippen molar-refractivity contribution < 1.29 is 4.39 Å². The molecule has 1 atom stereocenters. The van der Waals surface area contributed by atoms with Gasteiger partial charge in [0.25, 0.3) is 0 Å². The summed E-state index contributed by atoms with van der Waals surface area (Å²) in [6.45, 7) is 4.33. The predicted molar refractivity (Wildman–Crippen MR) is 118 cm³/mol. The Hall–Kier alpha value is -3.05. The van der Waals surface area contributed by atoms with E-state index in [4.69, 9.17) is 5.10 Å². The van der Waals surface area contributed by atoms with Crippen LogP contribution in [0.5, 0.6) is 0 Å². The third kappa shape index (κ3) is 3.50. The van der Waals surface area contributed by atoms with Gasteiger partial charge in [0.15, 0.2) is 0 Å². The third-order valence-electron chi connectivity index (χ3n) is 6.07. The number of nitrogens with zero attached hydrogens (tertiary/aromatic N) is 3. The van der Waals surface area contributed by atoms with E-state index in [9.17, 15) is 4.39 Å². The van der Waals surface area contributed by atoms with E-state index in [1.807, 2.05) is 12.1 Å². The second-order valence-corrected chi connectivity index (χ2v) is 8.02. The number of aromatic nitrogens is 3. The van der Waals surface area contributed by atoms with E-state index in [0.717, 1.165) is 60.4 Å². The van der Waals surface area contributed by atoms with Gasteiger partial charge in [0, 0.05) is 42.7 Å². The topological polar surface area (TPSA) is 44.8 Å². The van der Waals surface area contributed by atoms with Crippen LogP contribution in [0, 0.1) is 5.82 Å². The number of H-pyrrole nitrogens is 1. The second-order valence-electron chi connectivity index (χ2n) is 8.02. The van der Waals surface area contributed by atoms with Crippen LogP contribution in [0.4, 0.5) is 4.39 Å². The molecule has 0 aliphatic carbocycles. The molecule has 0 saturated carbocycles. The first-order chi connectivity index (χ1) is 14.7. The van der Waals surface area contributed by atoms with E-state index in [-0.39, 0.29) is 5.82 Å². The highest BCUT2D eigenvalue weighted by Crippen LogP contribution is 2.40. The fraction of sp³-hybridized carbons (Fsp3) is 0.280. The zero-order valence-electron chi connectivity index (χ0n) is 17.1. The summed E-state index contributed by atoms with van der Waals surface area (Å²) in [6.07, 6.45) is 11.6. The van der Waals surface area contributed by atoms with Crippen LogP contribution in [0.1, 0.15) is 31.9 Å². The lowest BCUT2D eigenvalue weighted by Crippen LogP contribution is -2.32. The molecular formula is C25H25FN4. The Kier molecular flexibility index (Phi) is 5.05. The fourth-order valence-electron chi connectivity index (χ4n) is 4.66. The number of hydrogen-bond donors (Lipinski definition) is 1. The fourth-order valence-corrected chi connectivity index (χ4v) is 4.66. The summed E-state index contributed by atoms with van der Waals surface area (Å²) in [5.74, 6) is -0.240. The molecule has 3 aromatic rings. The van der Waals surface area contributed by atoms with E-state index < -0.39 is 0 Å². The van der Waals surface area contributed by atoms with E-state index in [1.165, 1.54) is 17.7 Å². The number of hydrogen-bond acceptors (Lipinski definition) is 3. The highest BCUT2D eigenvalue weighted by Gasteiger charge is 2.31. The zero-order valence-corrected chi connectivity index (χ0v) is 17.1. The van der Waals surface area contributed by atoms with E-state index >= 15 is 0 Å². The summed E-state index contributed by atoms with van der Waals surface area (Å²) in [7, 11) is 0. The smallest absolute Gasteiger partial charge is 0.123 e. The van der Waals surface area contributed by atoms with Crippen molar-refractivity contribution >= 4 is 5.57 Å². The van der Waals surface area contributed by atoms with Crippen molar-refractivity contribution in [1.82, 2.24) is 20.1 Å². The Morgan fingerprint density at radius 1 is 1.13 bits per heavy atom. The van der Waals surface area contributed by atoms with E-state index in [0.29, 0.717) is 6.04 Å². The number of aromatic amines is 1. The Morgan fingerprint density at radius 3 is 2.70 bits per heavy atom. The van der Waals surface area contributed by atoms with Gasteiger partial charge in [-0.05, 0) is 66.8 Å². The van der Waals surface area contributed by atoms with Crippen molar-refractivity contribution in [3.8, 4) is 22.4 Å². The number of rotatable bonds is 4. The molecule has 152 valence electrons. The molecule has 0 spiro atoms. The average Bonchev–Trinajstić information content (AvgIpc) is 3.38. The normalized spacial score (nSPS) is 20.4. The Morgan fingerprint density at radius 2 is 1.93 bits per heavy atom. The Balaban J connectivity index is 1.58. The largest absolute Gasteiger partial charge is 0.292 e. The monoisotopic (exact) mass is 400 g/mol. The lowest BCUT2D eigenvalue weighted by Gasteiger charge is -2.27. The van der Waals surface area contributed by atoms with Crippen molar-refractivity contribution in [1.29, 1.82) is 0 Å². The molecule has 5 rings (SSSR count). The van der Waals surface area contributed by atoms with Crippen LogP contribution in [-0.4, -0.2) is 39.2 Å². The number of nitrogens with one attached hydrogen (secondary N) is 1. The molecule has 0 radical (unpaired) electrons. The van der Waals surface area contributed by atoms with E-state index in [2.05, 4.69) is 34.1 Å². The van der Waals surface area contributed by atoms with Crippen molar-refractivity contribution in [2.75, 3.05) is 13.1 Å². The maximum absolute atomic E-state index is 13.5. The quantitative estimate of drug-likeness (QED) is 0.590. The van der Waals surface area contributed by atoms with Crippen molar-refractivity contribution in [2.24, 2.45) is 0 Å². The molecule has 1 unspecified atom stereocenters. The lowest BCUT2D eigenvalue weighted by atomic mass is 9.92. The van der Waals surface area contributed by atoms with Crippen LogP contribution < -0.4 is 0 Å². The number of benzene rings is 1. The summed E-state index contributed by atoms with van der Waals surface area (Å²) in [4.78, 5) is 6.73. The van der Waals surface area contributed by atoms with Crippen molar-refractivity contribution in [3.05, 3.63) is 78.0 Å². The molecule has 5 heteroatoms. The molecule has 1 fully saturated rings. The highest BCUT2D eigenvalue weighted by atomic mass is 19.1. The Labute approximate surface area is 176 Å².